The molecule has 18 heavy (non-hydrogen) atoms. The second-order valence-corrected chi connectivity index (χ2v) is 6.06. The van der Waals surface area contributed by atoms with Crippen molar-refractivity contribution < 1.29 is 13.2 Å². The molecule has 0 saturated carbocycles. The second-order valence-electron chi connectivity index (χ2n) is 4.39. The zero-order valence-electron chi connectivity index (χ0n) is 10.6. The maximum atomic E-state index is 12.2. The predicted octanol–water partition coefficient (Wildman–Crippen LogP) is 1.29. The largest absolute Gasteiger partial charge is 0.379 e. The van der Waals surface area contributed by atoms with Gasteiger partial charge in [0.25, 0.3) is 0 Å². The number of anilines is 1. The van der Waals surface area contributed by atoms with Crippen LogP contribution in [0, 0.1) is 13.8 Å². The molecule has 1 N–H and O–H groups in total. The monoisotopic (exact) mass is 270 g/mol. The summed E-state index contributed by atoms with van der Waals surface area (Å²) in [6, 6.07) is 5.70. The van der Waals surface area contributed by atoms with E-state index in [1.165, 1.54) is 4.31 Å². The first-order valence-corrected chi connectivity index (χ1v) is 7.36. The first-order chi connectivity index (χ1) is 8.50. The molecular weight excluding hydrogens is 252 g/mol. The molecule has 1 aliphatic heterocycles. The Bertz CT molecular complexity index is 502. The molecule has 1 heterocycles. The van der Waals surface area contributed by atoms with E-state index in [2.05, 4.69) is 4.72 Å². The molecule has 1 aliphatic rings. The lowest BCUT2D eigenvalue weighted by Crippen LogP contribution is -2.43. The topological polar surface area (TPSA) is 58.6 Å². The van der Waals surface area contributed by atoms with Crippen molar-refractivity contribution in [2.24, 2.45) is 0 Å². The van der Waals surface area contributed by atoms with Gasteiger partial charge in [-0.3, -0.25) is 4.72 Å². The Morgan fingerprint density at radius 1 is 1.17 bits per heavy atom. The number of hydrogen-bond acceptors (Lipinski definition) is 3. The van der Waals surface area contributed by atoms with Crippen LogP contribution in [-0.2, 0) is 14.9 Å². The van der Waals surface area contributed by atoms with Gasteiger partial charge >= 0.3 is 10.2 Å². The summed E-state index contributed by atoms with van der Waals surface area (Å²) < 4.78 is 33.7. The molecular formula is C12H18N2O3S. The second kappa shape index (κ2) is 5.26. The molecule has 0 spiro atoms. The number of morpholine rings is 1. The van der Waals surface area contributed by atoms with Crippen molar-refractivity contribution in [2.75, 3.05) is 31.0 Å². The molecule has 1 aromatic rings. The Morgan fingerprint density at radius 3 is 2.28 bits per heavy atom. The number of hydrogen-bond donors (Lipinski definition) is 1. The highest BCUT2D eigenvalue weighted by Crippen LogP contribution is 2.21. The van der Waals surface area contributed by atoms with E-state index >= 15 is 0 Å². The van der Waals surface area contributed by atoms with Crippen molar-refractivity contribution >= 4 is 15.9 Å². The molecule has 0 aliphatic carbocycles. The van der Waals surface area contributed by atoms with Crippen LogP contribution in [0.25, 0.3) is 0 Å². The van der Waals surface area contributed by atoms with E-state index in [1.54, 1.807) is 0 Å². The molecule has 0 unspecified atom stereocenters. The average Bonchev–Trinajstić information content (AvgIpc) is 2.35. The zero-order valence-corrected chi connectivity index (χ0v) is 11.5. The minimum atomic E-state index is -3.48. The third-order valence-corrected chi connectivity index (χ3v) is 4.53. The van der Waals surface area contributed by atoms with Crippen molar-refractivity contribution in [1.82, 2.24) is 4.31 Å². The van der Waals surface area contributed by atoms with Crippen LogP contribution in [0.3, 0.4) is 0 Å². The van der Waals surface area contributed by atoms with Gasteiger partial charge in [0.05, 0.1) is 18.9 Å². The van der Waals surface area contributed by atoms with E-state index in [-0.39, 0.29) is 0 Å². The average molecular weight is 270 g/mol. The van der Waals surface area contributed by atoms with E-state index in [1.807, 2.05) is 32.0 Å². The van der Waals surface area contributed by atoms with Gasteiger partial charge in [-0.15, -0.1) is 0 Å². The van der Waals surface area contributed by atoms with Crippen LogP contribution in [0.1, 0.15) is 11.1 Å². The molecule has 1 saturated heterocycles. The number of rotatable bonds is 3. The maximum Gasteiger partial charge on any atom is 0.301 e. The van der Waals surface area contributed by atoms with E-state index in [0.717, 1.165) is 11.1 Å². The van der Waals surface area contributed by atoms with Crippen LogP contribution in [0.5, 0.6) is 0 Å². The fraction of sp³-hybridized carbons (Fsp3) is 0.500. The number of nitrogens with zero attached hydrogens (tertiary/aromatic N) is 1. The van der Waals surface area contributed by atoms with Crippen molar-refractivity contribution in [2.45, 2.75) is 13.8 Å². The van der Waals surface area contributed by atoms with Crippen LogP contribution < -0.4 is 4.72 Å². The summed E-state index contributed by atoms with van der Waals surface area (Å²) >= 11 is 0. The highest BCUT2D eigenvalue weighted by atomic mass is 32.2. The van der Waals surface area contributed by atoms with Crippen LogP contribution >= 0.6 is 0 Å². The number of benzene rings is 1. The zero-order chi connectivity index (χ0) is 13.2. The molecule has 100 valence electrons. The molecule has 2 rings (SSSR count). The molecule has 5 nitrogen and oxygen atoms in total. The first kappa shape index (κ1) is 13.3. The lowest BCUT2D eigenvalue weighted by molar-refractivity contribution is 0.0733. The van der Waals surface area contributed by atoms with E-state index in [4.69, 9.17) is 4.74 Å². The molecule has 1 fully saturated rings. The molecule has 0 bridgehead atoms. The number of aryl methyl sites for hydroxylation is 2. The number of nitrogens with one attached hydrogen (secondary N) is 1. The third kappa shape index (κ3) is 2.82. The van der Waals surface area contributed by atoms with E-state index < -0.39 is 10.2 Å². The summed E-state index contributed by atoms with van der Waals surface area (Å²) in [6.07, 6.45) is 0. The highest BCUT2D eigenvalue weighted by molar-refractivity contribution is 7.90. The standard InChI is InChI=1S/C12H18N2O3S/c1-10-4-3-5-11(2)12(10)13-18(15,16)14-6-8-17-9-7-14/h3-5,13H,6-9H2,1-2H3. The summed E-state index contributed by atoms with van der Waals surface area (Å²) in [5, 5.41) is 0. The third-order valence-electron chi connectivity index (χ3n) is 3.02. The summed E-state index contributed by atoms with van der Waals surface area (Å²) in [5.74, 6) is 0. The minimum Gasteiger partial charge on any atom is -0.379 e. The summed E-state index contributed by atoms with van der Waals surface area (Å²) in [6.45, 7) is 5.50. The lowest BCUT2D eigenvalue weighted by atomic mass is 10.1. The van der Waals surface area contributed by atoms with Gasteiger partial charge in [-0.25, -0.2) is 0 Å². The molecule has 0 aromatic heterocycles. The van der Waals surface area contributed by atoms with Gasteiger partial charge in [0.1, 0.15) is 0 Å². The Hall–Kier alpha value is -1.11. The quantitative estimate of drug-likeness (QED) is 0.900. The maximum absolute atomic E-state index is 12.2. The van der Waals surface area contributed by atoms with Crippen LogP contribution in [0.15, 0.2) is 18.2 Å². The fourth-order valence-corrected chi connectivity index (χ4v) is 3.29. The van der Waals surface area contributed by atoms with E-state index in [0.29, 0.717) is 32.0 Å². The van der Waals surface area contributed by atoms with Crippen molar-refractivity contribution in [3.05, 3.63) is 29.3 Å². The Kier molecular flexibility index (Phi) is 3.89. The smallest absolute Gasteiger partial charge is 0.301 e. The Balaban J connectivity index is 2.22. The van der Waals surface area contributed by atoms with Crippen molar-refractivity contribution in [1.29, 1.82) is 0 Å². The minimum absolute atomic E-state index is 0.403. The van der Waals surface area contributed by atoms with Gasteiger partial charge in [0.15, 0.2) is 0 Å². The van der Waals surface area contributed by atoms with E-state index in [9.17, 15) is 8.42 Å². The van der Waals surface area contributed by atoms with Gasteiger partial charge in [-0.05, 0) is 25.0 Å². The summed E-state index contributed by atoms with van der Waals surface area (Å²) in [4.78, 5) is 0. The highest BCUT2D eigenvalue weighted by Gasteiger charge is 2.24. The van der Waals surface area contributed by atoms with Gasteiger partial charge in [0, 0.05) is 13.1 Å². The van der Waals surface area contributed by atoms with Gasteiger partial charge < -0.3 is 4.74 Å². The Morgan fingerprint density at radius 2 is 1.72 bits per heavy atom. The molecule has 0 atom stereocenters. The lowest BCUT2D eigenvalue weighted by Gasteiger charge is -2.27. The van der Waals surface area contributed by atoms with Crippen molar-refractivity contribution in [3.63, 3.8) is 0 Å². The summed E-state index contributed by atoms with van der Waals surface area (Å²) in [5.41, 5.74) is 2.52. The first-order valence-electron chi connectivity index (χ1n) is 5.92. The SMILES string of the molecule is Cc1cccc(C)c1NS(=O)(=O)N1CCOCC1. The van der Waals surface area contributed by atoms with Gasteiger partial charge in [-0.1, -0.05) is 18.2 Å². The normalized spacial score (nSPS) is 17.7. The van der Waals surface area contributed by atoms with Crippen LogP contribution in [0.2, 0.25) is 0 Å². The Labute approximate surface area is 108 Å². The molecule has 0 radical (unpaired) electrons. The van der Waals surface area contributed by atoms with Crippen LogP contribution in [0.4, 0.5) is 5.69 Å². The van der Waals surface area contributed by atoms with Crippen molar-refractivity contribution in [3.8, 4) is 0 Å². The van der Waals surface area contributed by atoms with Crippen LogP contribution in [-0.4, -0.2) is 39.0 Å². The number of ether oxygens (including phenoxy) is 1. The number of para-hydroxylation sites is 1. The molecule has 6 heteroatoms. The predicted molar refractivity (Wildman–Crippen MR) is 70.9 cm³/mol. The molecule has 0 amide bonds. The fourth-order valence-electron chi connectivity index (χ4n) is 1.96. The summed E-state index contributed by atoms with van der Waals surface area (Å²) in [7, 11) is -3.48. The van der Waals surface area contributed by atoms with Gasteiger partial charge in [-0.2, -0.15) is 12.7 Å². The molecule has 1 aromatic carbocycles. The van der Waals surface area contributed by atoms with Gasteiger partial charge in [0.2, 0.25) is 0 Å².